The number of ether oxygens (including phenoxy) is 1. The number of phosphoric ester groups is 3. The third-order valence-electron chi connectivity index (χ3n) is 16.9. The van der Waals surface area contributed by atoms with Crippen LogP contribution >= 0.6 is 35.2 Å². The zero-order valence-corrected chi connectivity index (χ0v) is 46.2. The molecule has 1 aliphatic heterocycles. The maximum Gasteiger partial charge on any atom is 0.274 e. The van der Waals surface area contributed by atoms with Crippen molar-refractivity contribution in [3.63, 3.8) is 0 Å². The summed E-state index contributed by atoms with van der Waals surface area (Å²) < 4.78 is 61.1. The minimum absolute atomic E-state index is 0.0284. The van der Waals surface area contributed by atoms with Crippen molar-refractivity contribution in [2.45, 2.75) is 142 Å². The highest BCUT2D eigenvalue weighted by molar-refractivity contribution is 8.13. The summed E-state index contributed by atoms with van der Waals surface area (Å²) in [5.74, 6) is -0.214. The molecule has 5 aliphatic rings. The number of imidazole rings is 1. The van der Waals surface area contributed by atoms with Gasteiger partial charge >= 0.3 is 0 Å². The number of nitrogen functional groups attached to an aromatic ring is 1. The van der Waals surface area contributed by atoms with Gasteiger partial charge in [0.25, 0.3) is 15.6 Å². The molecule has 0 aromatic carbocycles. The van der Waals surface area contributed by atoms with Gasteiger partial charge in [-0.05, 0) is 84.9 Å². The van der Waals surface area contributed by atoms with Gasteiger partial charge in [-0.2, -0.15) is 0 Å². The normalized spacial score (nSPS) is 34.1. The van der Waals surface area contributed by atoms with Crippen LogP contribution < -0.4 is 35.9 Å². The van der Waals surface area contributed by atoms with E-state index in [4.69, 9.17) is 10.5 Å². The molecule has 8 N–H and O–H groups in total. The zero-order valence-electron chi connectivity index (χ0n) is 42.7. The van der Waals surface area contributed by atoms with Crippen LogP contribution in [0, 0.1) is 51.8 Å². The first-order valence-corrected chi connectivity index (χ1v) is 30.6. The van der Waals surface area contributed by atoms with E-state index >= 15 is 0 Å². The Morgan fingerprint density at radius 3 is 2.42 bits per heavy atom. The molecule has 17 atom stereocenters. The second-order valence-corrected chi connectivity index (χ2v) is 27.3. The third kappa shape index (κ3) is 13.5. The van der Waals surface area contributed by atoms with Gasteiger partial charge in [0, 0.05) is 49.9 Å². The molecule has 2 unspecified atom stereocenters. The van der Waals surface area contributed by atoms with Crippen LogP contribution in [0.1, 0.15) is 105 Å². The number of hydrogen-bond acceptors (Lipinski definition) is 25. The average Bonchev–Trinajstić information content (AvgIpc) is 4.03. The Bertz CT molecular complexity index is 2610. The minimum Gasteiger partial charge on any atom is -0.790 e. The van der Waals surface area contributed by atoms with Crippen molar-refractivity contribution in [1.29, 1.82) is 0 Å². The van der Waals surface area contributed by atoms with Crippen molar-refractivity contribution in [3.05, 3.63) is 12.7 Å². The summed E-state index contributed by atoms with van der Waals surface area (Å²) in [5.41, 5.74) is 3.57. The molecule has 31 heteroatoms. The minimum atomic E-state index is -5.95. The molecule has 0 spiro atoms. The number of nitrogens with one attached hydrogen (secondary N) is 2. The van der Waals surface area contributed by atoms with Gasteiger partial charge in [-0.15, -0.1) is 0 Å². The first-order chi connectivity index (χ1) is 35.4. The van der Waals surface area contributed by atoms with E-state index in [-0.39, 0.29) is 94.1 Å². The number of aliphatic hydroxyl groups is 4. The first-order valence-electron chi connectivity index (χ1n) is 25.2. The van der Waals surface area contributed by atoms with Gasteiger partial charge in [0.2, 0.25) is 11.8 Å². The van der Waals surface area contributed by atoms with E-state index in [2.05, 4.69) is 64.2 Å². The molecule has 4 saturated carbocycles. The Hall–Kier alpha value is -2.85. The number of thioether (sulfide) groups is 1. The van der Waals surface area contributed by atoms with E-state index in [1.807, 2.05) is 0 Å². The molecule has 0 radical (unpaired) electrons. The summed E-state index contributed by atoms with van der Waals surface area (Å²) in [5, 5.41) is 49.9. The maximum absolute atomic E-state index is 13.0. The summed E-state index contributed by atoms with van der Waals surface area (Å²) in [6.07, 6.45) is -2.94. The Kier molecular flexibility index (Phi) is 19.0. The summed E-state index contributed by atoms with van der Waals surface area (Å²) in [4.78, 5) is 111. The van der Waals surface area contributed by atoms with Crippen molar-refractivity contribution in [3.8, 4) is 0 Å². The number of phosphoric acid groups is 3. The molecule has 428 valence electrons. The summed E-state index contributed by atoms with van der Waals surface area (Å²) in [6, 6.07) is 0. The fourth-order valence-electron chi connectivity index (χ4n) is 12.8. The van der Waals surface area contributed by atoms with Crippen LogP contribution in [0.25, 0.3) is 11.2 Å². The molecule has 0 bridgehead atoms. The number of anilines is 1. The van der Waals surface area contributed by atoms with Crippen LogP contribution in [0.15, 0.2) is 12.7 Å². The van der Waals surface area contributed by atoms with E-state index in [9.17, 15) is 72.9 Å². The second-order valence-electron chi connectivity index (χ2n) is 22.1. The lowest BCUT2D eigenvalue weighted by atomic mass is 9.43. The smallest absolute Gasteiger partial charge is 0.274 e. The van der Waals surface area contributed by atoms with Crippen molar-refractivity contribution < 1.29 is 95.5 Å². The monoisotopic (exact) mass is 1150 g/mol. The van der Waals surface area contributed by atoms with Crippen LogP contribution in [0.4, 0.5) is 5.82 Å². The highest BCUT2D eigenvalue weighted by atomic mass is 32.2. The van der Waals surface area contributed by atoms with Gasteiger partial charge in [-0.3, -0.25) is 32.9 Å². The number of nitrogens with zero attached hydrogens (tertiary/aromatic N) is 4. The van der Waals surface area contributed by atoms with Crippen LogP contribution in [-0.4, -0.2) is 131 Å². The predicted molar refractivity (Wildman–Crippen MR) is 260 cm³/mol. The van der Waals surface area contributed by atoms with E-state index in [1.54, 1.807) is 0 Å². The number of carbonyl (C=O) groups excluding carboxylic acids is 4. The molecule has 76 heavy (non-hydrogen) atoms. The number of aromatic nitrogens is 4. The SMILES string of the molecule is C[C@H](CCC(=O)SCCNC(=O)CCNC(=O)[C@H](O)C(C)(C)COP(=O)([O-])OP(=O)([O-])OC[C@H]1O[C@@H](n2cnc3c(N)ncnc32)[C@H](O)[C@@H]1OP(=O)([O-])[O-])[C@H]1CC[C@H]2[C@@H]3[C@H](O)C[C@@H]4CC(=O)CC[C@]4(C)[C@H]3C[C@H](O)[C@]12C. The summed E-state index contributed by atoms with van der Waals surface area (Å²) in [6.45, 7) is 6.55. The molecule has 3 heterocycles. The van der Waals surface area contributed by atoms with Gasteiger partial charge in [0.1, 0.15) is 42.0 Å². The molecule has 5 fully saturated rings. The number of Topliss-reactive ketones (excluding diaryl/α,β-unsaturated/α-hetero) is 1. The van der Waals surface area contributed by atoms with Crippen molar-refractivity contribution in [2.75, 3.05) is 37.8 Å². The van der Waals surface area contributed by atoms with E-state index in [0.29, 0.717) is 38.5 Å². The molecule has 1 saturated heterocycles. The Balaban J connectivity index is 0.785. The number of amides is 2. The molecule has 2 aromatic rings. The van der Waals surface area contributed by atoms with Crippen molar-refractivity contribution >= 4 is 74.9 Å². The number of hydrogen-bond donors (Lipinski definition) is 7. The highest BCUT2D eigenvalue weighted by Crippen LogP contribution is 2.68. The van der Waals surface area contributed by atoms with E-state index in [1.165, 1.54) is 13.8 Å². The van der Waals surface area contributed by atoms with Gasteiger partial charge in [-0.25, -0.2) is 19.3 Å². The molecular formula is C45H68N7O20P3S-4. The summed E-state index contributed by atoms with van der Waals surface area (Å²) in [7, 11) is -17.7. The molecular weight excluding hydrogens is 1080 g/mol. The lowest BCUT2D eigenvalue weighted by Crippen LogP contribution is -2.62. The Morgan fingerprint density at radius 2 is 1.71 bits per heavy atom. The zero-order chi connectivity index (χ0) is 55.9. The maximum atomic E-state index is 13.0. The lowest BCUT2D eigenvalue weighted by molar-refractivity contribution is -0.347. The van der Waals surface area contributed by atoms with Gasteiger partial charge in [-0.1, -0.05) is 46.4 Å². The van der Waals surface area contributed by atoms with Crippen LogP contribution in [0.2, 0.25) is 0 Å². The van der Waals surface area contributed by atoms with E-state index < -0.39 is 102 Å². The fraction of sp³-hybridized carbons (Fsp3) is 0.800. The van der Waals surface area contributed by atoms with Crippen LogP contribution in [0.5, 0.6) is 0 Å². The first kappa shape index (κ1) is 60.8. The van der Waals surface area contributed by atoms with Gasteiger partial charge in [0.05, 0.1) is 39.6 Å². The largest absolute Gasteiger partial charge is 0.790 e. The quantitative estimate of drug-likeness (QED) is 0.0556. The van der Waals surface area contributed by atoms with Crippen LogP contribution in [-0.2, 0) is 55.5 Å². The number of fused-ring (bicyclic) bond motifs is 6. The number of aliphatic hydroxyl groups excluding tert-OH is 4. The molecule has 7 rings (SSSR count). The molecule has 2 amide bonds. The van der Waals surface area contributed by atoms with Gasteiger partial charge in [0.15, 0.2) is 22.8 Å². The molecule has 2 aromatic heterocycles. The third-order valence-corrected chi connectivity index (χ3v) is 20.9. The Morgan fingerprint density at radius 1 is 1.00 bits per heavy atom. The second kappa shape index (κ2) is 23.7. The van der Waals surface area contributed by atoms with Crippen molar-refractivity contribution in [1.82, 2.24) is 30.2 Å². The highest BCUT2D eigenvalue weighted by Gasteiger charge is 2.66. The number of carbonyl (C=O) groups is 4. The Labute approximate surface area is 443 Å². The topological polar surface area (TPSA) is 432 Å². The number of rotatable bonds is 23. The standard InChI is InChI=1S/C45H72N7O20P3S/c1-23(26-7-8-27-34-28(18-31(55)45(26,27)5)44(4)12-10-25(53)16-24(44)17-29(34)54)6-9-33(57)76-15-14-47-32(56)11-13-48-41(60)38(59)43(2,3)20-69-75(66,67)72-74(64,65)68-19-30-37(71-73(61,62)63)36(58)42(70-30)52-22-51-35-39(46)49-21-50-40(35)52/h21-24,26-31,34,36-38,42,54-55,58-59H,6-20H2,1-5H3,(H,47,56)(H,48,60)(H,64,65)(H,66,67)(H2,46,49,50)(H2,61,62,63)/p-4/t23-,24+,26-,27+,28+,29-,30-,31+,34+,36-,37-,38+,42-,44+,45-/m1/s1. The summed E-state index contributed by atoms with van der Waals surface area (Å²) >= 11 is 1.08. The molecule has 27 nitrogen and oxygen atoms in total. The van der Waals surface area contributed by atoms with Crippen LogP contribution in [0.3, 0.4) is 0 Å². The van der Waals surface area contributed by atoms with E-state index in [0.717, 1.165) is 48.2 Å². The number of ketones is 1. The fourth-order valence-corrected chi connectivity index (χ4v) is 16.3. The predicted octanol–water partition coefficient (Wildman–Crippen LogP) is -0.277. The molecule has 4 aliphatic carbocycles. The average molecular weight is 1150 g/mol. The lowest BCUT2D eigenvalue weighted by Gasteiger charge is -2.63. The van der Waals surface area contributed by atoms with Crippen molar-refractivity contribution in [2.24, 2.45) is 51.8 Å². The van der Waals surface area contributed by atoms with Gasteiger partial charge < -0.3 is 79.2 Å². The number of nitrogens with two attached hydrogens (primary N) is 1.